The smallest absolute Gasteiger partial charge is 0.278 e. The molecule has 2 heterocycles. The van der Waals surface area contributed by atoms with Gasteiger partial charge in [0, 0.05) is 12.4 Å². The lowest BCUT2D eigenvalue weighted by molar-refractivity contribution is -0.914. The number of carbonyl (C=O) groups excluding carboxylic acids is 1. The topological polar surface area (TPSA) is 62.6 Å². The van der Waals surface area contributed by atoms with Crippen LogP contribution < -0.4 is 15.1 Å². The van der Waals surface area contributed by atoms with Crippen LogP contribution in [0.4, 0.5) is 5.95 Å². The molecule has 2 atom stereocenters. The normalized spacial score (nSPS) is 17.3. The number of quaternary nitrogens is 1. The van der Waals surface area contributed by atoms with E-state index in [1.807, 2.05) is 31.2 Å². The molecule has 2 N–H and O–H groups in total. The van der Waals surface area contributed by atoms with E-state index >= 15 is 0 Å². The van der Waals surface area contributed by atoms with Crippen LogP contribution in [-0.2, 0) is 4.79 Å². The molecule has 0 unspecified atom stereocenters. The summed E-state index contributed by atoms with van der Waals surface area (Å²) in [6.07, 6.45) is 5.54. The molecule has 1 aliphatic heterocycles. The number of amides is 1. The van der Waals surface area contributed by atoms with Gasteiger partial charge in [-0.1, -0.05) is 43.7 Å². The number of rotatable bonds is 7. The minimum Gasteiger partial charge on any atom is -0.344 e. The van der Waals surface area contributed by atoms with Gasteiger partial charge in [0.25, 0.3) is 5.91 Å². The molecule has 0 aliphatic carbocycles. The second kappa shape index (κ2) is 9.46. The number of aromatic nitrogens is 2. The summed E-state index contributed by atoms with van der Waals surface area (Å²) in [4.78, 5) is 25.1. The molecule has 3 rings (SSSR count). The van der Waals surface area contributed by atoms with E-state index in [2.05, 4.69) is 39.2 Å². The zero-order valence-corrected chi connectivity index (χ0v) is 16.3. The summed E-state index contributed by atoms with van der Waals surface area (Å²) >= 11 is 0. The lowest BCUT2D eigenvalue weighted by Gasteiger charge is -2.35. The highest BCUT2D eigenvalue weighted by Crippen LogP contribution is 2.18. The lowest BCUT2D eigenvalue weighted by atomic mass is 10.0. The highest BCUT2D eigenvalue weighted by Gasteiger charge is 2.31. The standard InChI is InChI=1S/C21H29N5O/c1-3-8-19(18-9-5-4-6-10-18)24-20(27)17(2)25-13-15-26(16-14-25)21-22-11-7-12-23-21/h4-7,9-12,17,19H,3,8,13-16H2,1-2H3,(H,24,27)/p+1/t17-,19+/m1/s1. The van der Waals surface area contributed by atoms with E-state index < -0.39 is 0 Å². The first-order valence-corrected chi connectivity index (χ1v) is 9.91. The second-order valence-corrected chi connectivity index (χ2v) is 7.18. The third kappa shape index (κ3) is 5.04. The molecule has 1 aromatic heterocycles. The van der Waals surface area contributed by atoms with E-state index in [4.69, 9.17) is 0 Å². The maximum absolute atomic E-state index is 12.9. The Hall–Kier alpha value is -2.47. The lowest BCUT2D eigenvalue weighted by Crippen LogP contribution is -3.19. The molecule has 27 heavy (non-hydrogen) atoms. The minimum atomic E-state index is -0.0630. The zero-order chi connectivity index (χ0) is 19.1. The van der Waals surface area contributed by atoms with E-state index in [1.165, 1.54) is 10.5 Å². The molecule has 1 aromatic carbocycles. The van der Waals surface area contributed by atoms with Crippen LogP contribution in [0.5, 0.6) is 0 Å². The van der Waals surface area contributed by atoms with E-state index in [9.17, 15) is 4.79 Å². The minimum absolute atomic E-state index is 0.0630. The maximum Gasteiger partial charge on any atom is 0.278 e. The van der Waals surface area contributed by atoms with E-state index in [1.54, 1.807) is 12.4 Å². The largest absolute Gasteiger partial charge is 0.344 e. The predicted octanol–water partition coefficient (Wildman–Crippen LogP) is 1.23. The Kier molecular flexibility index (Phi) is 6.76. The Morgan fingerprint density at radius 1 is 1.15 bits per heavy atom. The van der Waals surface area contributed by atoms with Gasteiger partial charge in [0.2, 0.25) is 5.95 Å². The van der Waals surface area contributed by atoms with Crippen molar-refractivity contribution in [1.29, 1.82) is 0 Å². The summed E-state index contributed by atoms with van der Waals surface area (Å²) in [5.74, 6) is 0.914. The molecular formula is C21H30N5O+. The summed E-state index contributed by atoms with van der Waals surface area (Å²) < 4.78 is 0. The van der Waals surface area contributed by atoms with E-state index in [0.717, 1.165) is 45.0 Å². The van der Waals surface area contributed by atoms with Crippen molar-refractivity contribution in [2.24, 2.45) is 0 Å². The molecule has 0 bridgehead atoms. The van der Waals surface area contributed by atoms with Crippen LogP contribution in [0.25, 0.3) is 0 Å². The van der Waals surface area contributed by atoms with Crippen LogP contribution in [0.3, 0.4) is 0 Å². The number of nitrogens with one attached hydrogen (secondary N) is 2. The van der Waals surface area contributed by atoms with E-state index in [-0.39, 0.29) is 18.0 Å². The number of nitrogens with zero attached hydrogens (tertiary/aromatic N) is 3. The molecule has 0 spiro atoms. The van der Waals surface area contributed by atoms with Gasteiger partial charge in [-0.3, -0.25) is 4.79 Å². The van der Waals surface area contributed by atoms with Gasteiger partial charge in [-0.15, -0.1) is 0 Å². The Morgan fingerprint density at radius 2 is 1.81 bits per heavy atom. The van der Waals surface area contributed by atoms with Crippen LogP contribution in [-0.4, -0.2) is 48.1 Å². The molecule has 6 heteroatoms. The third-order valence-corrected chi connectivity index (χ3v) is 5.34. The van der Waals surface area contributed by atoms with Gasteiger partial charge in [-0.2, -0.15) is 0 Å². The molecule has 1 saturated heterocycles. The molecule has 2 aromatic rings. The third-order valence-electron chi connectivity index (χ3n) is 5.34. The number of hydrogen-bond acceptors (Lipinski definition) is 4. The fourth-order valence-corrected chi connectivity index (χ4v) is 3.66. The van der Waals surface area contributed by atoms with Gasteiger partial charge in [-0.05, 0) is 25.0 Å². The number of benzene rings is 1. The molecular weight excluding hydrogens is 338 g/mol. The molecule has 0 radical (unpaired) electrons. The van der Waals surface area contributed by atoms with Crippen molar-refractivity contribution >= 4 is 11.9 Å². The van der Waals surface area contributed by atoms with Crippen molar-refractivity contribution < 1.29 is 9.69 Å². The summed E-state index contributed by atoms with van der Waals surface area (Å²) in [6.45, 7) is 7.75. The quantitative estimate of drug-likeness (QED) is 0.772. The average Bonchev–Trinajstić information content (AvgIpc) is 2.74. The van der Waals surface area contributed by atoms with Gasteiger partial charge >= 0.3 is 0 Å². The molecule has 0 saturated carbocycles. The van der Waals surface area contributed by atoms with Crippen LogP contribution >= 0.6 is 0 Å². The van der Waals surface area contributed by atoms with Crippen molar-refractivity contribution in [3.05, 3.63) is 54.4 Å². The fraction of sp³-hybridized carbons (Fsp3) is 0.476. The Balaban J connectivity index is 1.55. The predicted molar refractivity (Wildman–Crippen MR) is 107 cm³/mol. The Morgan fingerprint density at radius 3 is 2.44 bits per heavy atom. The van der Waals surface area contributed by atoms with Gasteiger partial charge < -0.3 is 15.1 Å². The molecule has 6 nitrogen and oxygen atoms in total. The van der Waals surface area contributed by atoms with Gasteiger partial charge in [0.1, 0.15) is 0 Å². The van der Waals surface area contributed by atoms with E-state index in [0.29, 0.717) is 0 Å². The highest BCUT2D eigenvalue weighted by atomic mass is 16.2. The van der Waals surface area contributed by atoms with Gasteiger partial charge in [0.15, 0.2) is 6.04 Å². The monoisotopic (exact) mass is 368 g/mol. The van der Waals surface area contributed by atoms with Crippen LogP contribution in [0.1, 0.15) is 38.3 Å². The summed E-state index contributed by atoms with van der Waals surface area (Å²) in [7, 11) is 0. The second-order valence-electron chi connectivity index (χ2n) is 7.18. The first-order valence-electron chi connectivity index (χ1n) is 9.91. The van der Waals surface area contributed by atoms with Crippen molar-refractivity contribution in [3.63, 3.8) is 0 Å². The fourth-order valence-electron chi connectivity index (χ4n) is 3.66. The first kappa shape index (κ1) is 19.3. The van der Waals surface area contributed by atoms with Crippen molar-refractivity contribution in [2.75, 3.05) is 31.1 Å². The number of hydrogen-bond donors (Lipinski definition) is 2. The zero-order valence-electron chi connectivity index (χ0n) is 16.3. The average molecular weight is 369 g/mol. The van der Waals surface area contributed by atoms with Crippen molar-refractivity contribution in [2.45, 2.75) is 38.8 Å². The Bertz CT molecular complexity index is 701. The van der Waals surface area contributed by atoms with Crippen LogP contribution in [0, 0.1) is 0 Å². The van der Waals surface area contributed by atoms with Crippen LogP contribution in [0.2, 0.25) is 0 Å². The maximum atomic E-state index is 12.9. The summed E-state index contributed by atoms with van der Waals surface area (Å²) in [5, 5.41) is 3.28. The molecule has 1 aliphatic rings. The number of carbonyl (C=O) groups is 1. The molecule has 1 amide bonds. The van der Waals surface area contributed by atoms with Gasteiger partial charge in [0.05, 0.1) is 32.2 Å². The first-order chi connectivity index (χ1) is 13.2. The molecule has 144 valence electrons. The SMILES string of the molecule is CCC[C@H](NC(=O)[C@@H](C)[NH+]1CCN(c2ncccn2)CC1)c1ccccc1. The number of piperazine rings is 1. The van der Waals surface area contributed by atoms with Crippen molar-refractivity contribution in [1.82, 2.24) is 15.3 Å². The van der Waals surface area contributed by atoms with Crippen molar-refractivity contribution in [3.8, 4) is 0 Å². The number of anilines is 1. The summed E-state index contributed by atoms with van der Waals surface area (Å²) in [6, 6.07) is 12.1. The summed E-state index contributed by atoms with van der Waals surface area (Å²) in [5.41, 5.74) is 1.18. The van der Waals surface area contributed by atoms with Gasteiger partial charge in [-0.25, -0.2) is 9.97 Å². The van der Waals surface area contributed by atoms with Crippen LogP contribution in [0.15, 0.2) is 48.8 Å². The Labute approximate surface area is 161 Å². The highest BCUT2D eigenvalue weighted by molar-refractivity contribution is 5.80. The molecule has 1 fully saturated rings.